The highest BCUT2D eigenvalue weighted by molar-refractivity contribution is 5.76. The highest BCUT2D eigenvalue weighted by atomic mass is 16.4. The van der Waals surface area contributed by atoms with E-state index in [0.717, 1.165) is 12.8 Å². The van der Waals surface area contributed by atoms with Crippen LogP contribution in [0.1, 0.15) is 39.0 Å². The van der Waals surface area contributed by atoms with Crippen LogP contribution in [0.4, 0.5) is 0 Å². The summed E-state index contributed by atoms with van der Waals surface area (Å²) in [6.07, 6.45) is 1.31. The van der Waals surface area contributed by atoms with Crippen molar-refractivity contribution in [3.63, 3.8) is 0 Å². The molecule has 7 nitrogen and oxygen atoms in total. The maximum absolute atomic E-state index is 11.3. The summed E-state index contributed by atoms with van der Waals surface area (Å²) in [6, 6.07) is 0. The molecular weight excluding hydrogens is 252 g/mol. The molecule has 0 saturated carbocycles. The summed E-state index contributed by atoms with van der Waals surface area (Å²) in [5.74, 6) is -1.50. The molecule has 0 aliphatic carbocycles. The lowest BCUT2D eigenvalue weighted by atomic mass is 10.2. The van der Waals surface area contributed by atoms with Crippen LogP contribution >= 0.6 is 0 Å². The Kier molecular flexibility index (Phi) is 9.42. The Morgan fingerprint density at radius 3 is 2.32 bits per heavy atom. The second kappa shape index (κ2) is 10.3. The second-order valence-electron chi connectivity index (χ2n) is 4.29. The molecule has 0 aromatic rings. The summed E-state index contributed by atoms with van der Waals surface area (Å²) in [6.45, 7) is 2.22. The summed E-state index contributed by atoms with van der Waals surface area (Å²) in [7, 11) is 0. The molecule has 0 radical (unpaired) electrons. The molecule has 0 aliphatic heterocycles. The molecule has 7 heteroatoms. The predicted octanol–water partition coefficient (Wildman–Crippen LogP) is -0.365. The molecule has 1 unspecified atom stereocenters. The van der Waals surface area contributed by atoms with Crippen LogP contribution in [0.3, 0.4) is 0 Å². The van der Waals surface area contributed by atoms with Crippen LogP contribution < -0.4 is 10.6 Å². The van der Waals surface area contributed by atoms with E-state index in [4.69, 9.17) is 10.2 Å². The predicted molar refractivity (Wildman–Crippen MR) is 68.4 cm³/mol. The lowest BCUT2D eigenvalue weighted by Gasteiger charge is -2.07. The normalized spacial score (nSPS) is 11.7. The van der Waals surface area contributed by atoms with E-state index in [0.29, 0.717) is 19.4 Å². The summed E-state index contributed by atoms with van der Waals surface area (Å²) in [4.78, 5) is 32.2. The van der Waals surface area contributed by atoms with Gasteiger partial charge in [0.1, 0.15) is 0 Å². The zero-order valence-electron chi connectivity index (χ0n) is 11.1. The quantitative estimate of drug-likeness (QED) is 0.406. The molecule has 0 bridgehead atoms. The van der Waals surface area contributed by atoms with E-state index in [9.17, 15) is 14.4 Å². The van der Waals surface area contributed by atoms with Crippen LogP contribution in [0.25, 0.3) is 0 Å². The van der Waals surface area contributed by atoms with Gasteiger partial charge in [-0.1, -0.05) is 6.42 Å². The van der Waals surface area contributed by atoms with Gasteiger partial charge in [-0.15, -0.1) is 0 Å². The van der Waals surface area contributed by atoms with Gasteiger partial charge in [-0.3, -0.25) is 9.59 Å². The molecule has 1 atom stereocenters. The van der Waals surface area contributed by atoms with Crippen molar-refractivity contribution in [2.75, 3.05) is 13.1 Å². The molecule has 110 valence electrons. The van der Waals surface area contributed by atoms with Gasteiger partial charge in [0.15, 0.2) is 6.10 Å². The zero-order chi connectivity index (χ0) is 14.7. The third-order valence-electron chi connectivity index (χ3n) is 2.48. The Morgan fingerprint density at radius 1 is 1.05 bits per heavy atom. The first-order valence-corrected chi connectivity index (χ1v) is 6.35. The first-order valence-electron chi connectivity index (χ1n) is 6.35. The average molecular weight is 274 g/mol. The van der Waals surface area contributed by atoms with E-state index in [1.165, 1.54) is 6.92 Å². The van der Waals surface area contributed by atoms with Crippen LogP contribution in [0.15, 0.2) is 0 Å². The van der Waals surface area contributed by atoms with Gasteiger partial charge in [0.05, 0.1) is 0 Å². The minimum absolute atomic E-state index is 0.00358. The lowest BCUT2D eigenvalue weighted by Crippen LogP contribution is -2.29. The summed E-state index contributed by atoms with van der Waals surface area (Å²) in [5, 5.41) is 22.6. The number of aliphatic carboxylic acids is 1. The van der Waals surface area contributed by atoms with Gasteiger partial charge in [-0.05, 0) is 12.8 Å². The first-order chi connectivity index (χ1) is 8.93. The average Bonchev–Trinajstić information content (AvgIpc) is 2.32. The number of carbonyl (C=O) groups is 3. The highest BCUT2D eigenvalue weighted by Gasteiger charge is 2.12. The number of amides is 2. The smallest absolute Gasteiger partial charge is 0.332 e. The fourth-order valence-corrected chi connectivity index (χ4v) is 1.41. The maximum Gasteiger partial charge on any atom is 0.332 e. The standard InChI is InChI=1S/C12H22N2O5/c1-9(15)13-7-4-2-3-5-11(17)14-8-6-10(16)12(18)19/h10,16H,2-8H2,1H3,(H,13,15)(H,14,17)(H,18,19). The monoisotopic (exact) mass is 274 g/mol. The molecule has 0 aromatic carbocycles. The molecule has 2 amide bonds. The van der Waals surface area contributed by atoms with Gasteiger partial charge >= 0.3 is 5.97 Å². The third kappa shape index (κ3) is 11.2. The Bertz CT molecular complexity index is 306. The molecule has 0 spiro atoms. The molecular formula is C12H22N2O5. The van der Waals surface area contributed by atoms with E-state index in [2.05, 4.69) is 10.6 Å². The van der Waals surface area contributed by atoms with Crippen molar-refractivity contribution in [3.8, 4) is 0 Å². The summed E-state index contributed by atoms with van der Waals surface area (Å²) < 4.78 is 0. The maximum atomic E-state index is 11.3. The zero-order valence-corrected chi connectivity index (χ0v) is 11.1. The van der Waals surface area contributed by atoms with E-state index in [-0.39, 0.29) is 24.8 Å². The van der Waals surface area contributed by atoms with E-state index in [1.54, 1.807) is 0 Å². The van der Waals surface area contributed by atoms with E-state index < -0.39 is 12.1 Å². The van der Waals surface area contributed by atoms with Crippen LogP contribution in [-0.4, -0.2) is 47.2 Å². The Labute approximate surface area is 112 Å². The number of nitrogens with one attached hydrogen (secondary N) is 2. The van der Waals surface area contributed by atoms with Gasteiger partial charge < -0.3 is 20.8 Å². The van der Waals surface area contributed by atoms with Crippen molar-refractivity contribution in [2.45, 2.75) is 45.1 Å². The summed E-state index contributed by atoms with van der Waals surface area (Å²) >= 11 is 0. The van der Waals surface area contributed by atoms with Crippen molar-refractivity contribution < 1.29 is 24.6 Å². The number of rotatable bonds is 10. The molecule has 19 heavy (non-hydrogen) atoms. The SMILES string of the molecule is CC(=O)NCCCCCC(=O)NCCC(O)C(=O)O. The first kappa shape index (κ1) is 17.4. The van der Waals surface area contributed by atoms with Crippen molar-refractivity contribution >= 4 is 17.8 Å². The molecule has 0 aliphatic rings. The Balaban J connectivity index is 3.40. The highest BCUT2D eigenvalue weighted by Crippen LogP contribution is 1.99. The fraction of sp³-hybridized carbons (Fsp3) is 0.750. The van der Waals surface area contributed by atoms with Crippen LogP contribution in [0.2, 0.25) is 0 Å². The van der Waals surface area contributed by atoms with Gasteiger partial charge in [-0.25, -0.2) is 4.79 Å². The largest absolute Gasteiger partial charge is 0.479 e. The number of unbranched alkanes of at least 4 members (excludes halogenated alkanes) is 2. The molecule has 0 aromatic heterocycles. The fourth-order valence-electron chi connectivity index (χ4n) is 1.41. The molecule has 0 fully saturated rings. The van der Waals surface area contributed by atoms with E-state index in [1.807, 2.05) is 0 Å². The summed E-state index contributed by atoms with van der Waals surface area (Å²) in [5.41, 5.74) is 0. The van der Waals surface area contributed by atoms with Gasteiger partial charge in [-0.2, -0.15) is 0 Å². The molecule has 0 saturated heterocycles. The van der Waals surface area contributed by atoms with Gasteiger partial charge in [0.25, 0.3) is 0 Å². The number of aliphatic hydroxyl groups excluding tert-OH is 1. The minimum Gasteiger partial charge on any atom is -0.479 e. The van der Waals surface area contributed by atoms with E-state index >= 15 is 0 Å². The minimum atomic E-state index is -1.43. The van der Waals surface area contributed by atoms with Crippen molar-refractivity contribution in [1.82, 2.24) is 10.6 Å². The van der Waals surface area contributed by atoms with Crippen LogP contribution in [0.5, 0.6) is 0 Å². The van der Waals surface area contributed by atoms with Crippen molar-refractivity contribution in [2.24, 2.45) is 0 Å². The number of hydrogen-bond donors (Lipinski definition) is 4. The lowest BCUT2D eigenvalue weighted by molar-refractivity contribution is -0.147. The number of aliphatic hydroxyl groups is 1. The van der Waals surface area contributed by atoms with Crippen LogP contribution in [-0.2, 0) is 14.4 Å². The Hall–Kier alpha value is -1.63. The van der Waals surface area contributed by atoms with Gasteiger partial charge in [0, 0.05) is 32.9 Å². The molecule has 4 N–H and O–H groups in total. The topological polar surface area (TPSA) is 116 Å². The van der Waals surface area contributed by atoms with Crippen molar-refractivity contribution in [1.29, 1.82) is 0 Å². The van der Waals surface area contributed by atoms with Crippen LogP contribution in [0, 0.1) is 0 Å². The molecule has 0 heterocycles. The third-order valence-corrected chi connectivity index (χ3v) is 2.48. The van der Waals surface area contributed by atoms with Crippen molar-refractivity contribution in [3.05, 3.63) is 0 Å². The second-order valence-corrected chi connectivity index (χ2v) is 4.29. The molecule has 0 rings (SSSR count). The number of carbonyl (C=O) groups excluding carboxylic acids is 2. The Morgan fingerprint density at radius 2 is 1.74 bits per heavy atom. The van der Waals surface area contributed by atoms with Gasteiger partial charge in [0.2, 0.25) is 11.8 Å². The number of carboxylic acids is 1. The number of hydrogen-bond acceptors (Lipinski definition) is 4. The number of carboxylic acid groups (broad SMARTS) is 1.